The number of likely N-dealkylation sites (tertiary alicyclic amines) is 2. The van der Waals surface area contributed by atoms with Crippen molar-refractivity contribution in [2.24, 2.45) is 0 Å². The van der Waals surface area contributed by atoms with Crippen molar-refractivity contribution in [1.29, 1.82) is 0 Å². The van der Waals surface area contributed by atoms with Crippen LogP contribution in [0.15, 0.2) is 0 Å². The van der Waals surface area contributed by atoms with Crippen molar-refractivity contribution in [3.63, 3.8) is 0 Å². The molecule has 6 nitrogen and oxygen atoms in total. The minimum atomic E-state index is -1.16. The maximum Gasteiger partial charge on any atom is 0.167 e. The molecule has 2 heterocycles. The largest absolute Gasteiger partial charge is 0.367 e. The molecule has 26 heavy (non-hydrogen) atoms. The summed E-state index contributed by atoms with van der Waals surface area (Å²) in [6.45, 7) is 18.0. The number of likely N-dealkylation sites (N-methyl/N-ethyl adjacent to an activating group) is 2. The van der Waals surface area contributed by atoms with E-state index in [0.29, 0.717) is 0 Å². The van der Waals surface area contributed by atoms with Gasteiger partial charge in [-0.25, -0.2) is 0 Å². The Hall–Kier alpha value is -0.240. The summed E-state index contributed by atoms with van der Waals surface area (Å²) in [4.78, 5) is 3.95. The Morgan fingerprint density at radius 1 is 0.577 bits per heavy atom. The first-order valence-corrected chi connectivity index (χ1v) is 10.6. The van der Waals surface area contributed by atoms with Crippen molar-refractivity contribution in [3.8, 4) is 0 Å². The second-order valence-corrected chi connectivity index (χ2v) is 5.21. The lowest BCUT2D eigenvalue weighted by atomic mass is 10.2. The van der Waals surface area contributed by atoms with Gasteiger partial charge in [-0.05, 0) is 52.9 Å². The fraction of sp³-hybridized carbons (Fsp3) is 1.00. The van der Waals surface area contributed by atoms with E-state index in [1.807, 2.05) is 79.3 Å². The number of aliphatic hydroxyl groups is 4. The van der Waals surface area contributed by atoms with Crippen molar-refractivity contribution in [2.45, 2.75) is 106 Å². The van der Waals surface area contributed by atoms with E-state index in [9.17, 15) is 0 Å². The highest BCUT2D eigenvalue weighted by atomic mass is 16.5. The third kappa shape index (κ3) is 16.0. The van der Waals surface area contributed by atoms with Crippen molar-refractivity contribution in [1.82, 2.24) is 9.80 Å². The average molecular weight is 383 g/mol. The Morgan fingerprint density at radius 2 is 0.808 bits per heavy atom. The van der Waals surface area contributed by atoms with Crippen LogP contribution >= 0.6 is 0 Å². The van der Waals surface area contributed by atoms with Crippen LogP contribution in [0.5, 0.6) is 0 Å². The van der Waals surface area contributed by atoms with Gasteiger partial charge in [0.1, 0.15) is 0 Å². The third-order valence-electron chi connectivity index (χ3n) is 3.84. The number of nitrogens with zero attached hydrogens (tertiary/aromatic N) is 2. The van der Waals surface area contributed by atoms with Gasteiger partial charge in [-0.15, -0.1) is 0 Å². The van der Waals surface area contributed by atoms with E-state index < -0.39 is 12.6 Å². The molecule has 0 spiro atoms. The molecule has 164 valence electrons. The molecule has 2 fully saturated rings. The normalized spacial score (nSPS) is 21.7. The molecule has 4 N–H and O–H groups in total. The third-order valence-corrected chi connectivity index (χ3v) is 3.84. The van der Waals surface area contributed by atoms with Gasteiger partial charge in [-0.2, -0.15) is 0 Å². The molecule has 0 aliphatic carbocycles. The smallest absolute Gasteiger partial charge is 0.167 e. The molecule has 2 aliphatic rings. The van der Waals surface area contributed by atoms with E-state index in [4.69, 9.17) is 20.4 Å². The van der Waals surface area contributed by atoms with Crippen LogP contribution in [0.2, 0.25) is 0 Å². The predicted octanol–water partition coefficient (Wildman–Crippen LogP) is 2.89. The zero-order chi connectivity index (χ0) is 21.7. The predicted molar refractivity (Wildman–Crippen MR) is 113 cm³/mol. The Bertz CT molecular complexity index is 218. The summed E-state index contributed by atoms with van der Waals surface area (Å²) in [6, 6.07) is -0.0463. The molecule has 0 saturated carbocycles. The molecule has 2 saturated heterocycles. The van der Waals surface area contributed by atoms with Gasteiger partial charge < -0.3 is 20.4 Å². The van der Waals surface area contributed by atoms with Crippen LogP contribution in [0.25, 0.3) is 0 Å². The van der Waals surface area contributed by atoms with Crippen LogP contribution in [-0.2, 0) is 0 Å². The highest BCUT2D eigenvalue weighted by Gasteiger charge is 2.26. The molecule has 0 aromatic heterocycles. The van der Waals surface area contributed by atoms with E-state index in [2.05, 4.69) is 0 Å². The lowest BCUT2D eigenvalue weighted by Crippen LogP contribution is -2.35. The van der Waals surface area contributed by atoms with E-state index in [1.54, 1.807) is 0 Å². The fourth-order valence-corrected chi connectivity index (χ4v) is 2.63. The first-order valence-electron chi connectivity index (χ1n) is 10.6. The minimum absolute atomic E-state index is 0.0231. The second-order valence-electron chi connectivity index (χ2n) is 5.21. The summed E-state index contributed by atoms with van der Waals surface area (Å²) in [5, 5.41) is 34.9. The van der Waals surface area contributed by atoms with Crippen molar-refractivity contribution >= 4 is 0 Å². The van der Waals surface area contributed by atoms with Crippen molar-refractivity contribution < 1.29 is 20.4 Å². The van der Waals surface area contributed by atoms with Crippen molar-refractivity contribution in [2.75, 3.05) is 27.2 Å². The second kappa shape index (κ2) is 24.8. The fourth-order valence-electron chi connectivity index (χ4n) is 2.63. The average Bonchev–Trinajstić information content (AvgIpc) is 3.30. The first-order chi connectivity index (χ1) is 12.4. The standard InChI is InChI=1S/2C6H13NO2.4C2H6/c2*1-7-4-2-3-5(7)6(8)9;4*1-2/h2*5-6,8-9H,2-4H2,1H3;4*1-2H3/t2*5-;;;;/m11..../s1. The quantitative estimate of drug-likeness (QED) is 0.549. The Morgan fingerprint density at radius 3 is 0.885 bits per heavy atom. The lowest BCUT2D eigenvalue weighted by molar-refractivity contribution is -0.0863. The molecule has 0 unspecified atom stereocenters. The maximum atomic E-state index is 8.74. The molecule has 2 rings (SSSR count). The number of rotatable bonds is 2. The highest BCUT2D eigenvalue weighted by molar-refractivity contribution is 4.77. The Labute approximate surface area is 163 Å². The highest BCUT2D eigenvalue weighted by Crippen LogP contribution is 2.16. The number of hydrogen-bond donors (Lipinski definition) is 4. The van der Waals surface area contributed by atoms with Crippen LogP contribution in [0.3, 0.4) is 0 Å². The molecule has 2 atom stereocenters. The van der Waals surface area contributed by atoms with Crippen molar-refractivity contribution in [3.05, 3.63) is 0 Å². The van der Waals surface area contributed by atoms with Crippen LogP contribution in [0.4, 0.5) is 0 Å². The molecule has 0 radical (unpaired) electrons. The van der Waals surface area contributed by atoms with E-state index in [0.717, 1.165) is 38.8 Å². The zero-order valence-corrected chi connectivity index (χ0v) is 19.2. The number of aliphatic hydroxyl groups excluding tert-OH is 2. The topological polar surface area (TPSA) is 87.4 Å². The first kappa shape index (κ1) is 33.4. The van der Waals surface area contributed by atoms with E-state index in [1.165, 1.54) is 0 Å². The maximum absolute atomic E-state index is 8.74. The van der Waals surface area contributed by atoms with Gasteiger partial charge in [-0.3, -0.25) is 9.80 Å². The summed E-state index contributed by atoms with van der Waals surface area (Å²) in [5.41, 5.74) is 0. The minimum Gasteiger partial charge on any atom is -0.367 e. The van der Waals surface area contributed by atoms with Gasteiger partial charge in [0.15, 0.2) is 12.6 Å². The van der Waals surface area contributed by atoms with Gasteiger partial charge in [-0.1, -0.05) is 55.4 Å². The van der Waals surface area contributed by atoms with Crippen LogP contribution in [-0.4, -0.2) is 82.1 Å². The molecular weight excluding hydrogens is 332 g/mol. The zero-order valence-electron chi connectivity index (χ0n) is 19.2. The summed E-state index contributed by atoms with van der Waals surface area (Å²) in [5.74, 6) is 0. The van der Waals surface area contributed by atoms with Gasteiger partial charge >= 0.3 is 0 Å². The SMILES string of the molecule is CC.CC.CC.CC.CN1CCC[C@@H]1C(O)O.CN1CCC[C@@H]1C(O)O. The van der Waals surface area contributed by atoms with Crippen LogP contribution in [0, 0.1) is 0 Å². The Balaban J connectivity index is -0.000000135. The van der Waals surface area contributed by atoms with Crippen LogP contribution in [0.1, 0.15) is 81.1 Å². The summed E-state index contributed by atoms with van der Waals surface area (Å²) >= 11 is 0. The molecule has 0 aromatic carbocycles. The molecule has 0 bridgehead atoms. The van der Waals surface area contributed by atoms with E-state index >= 15 is 0 Å². The molecule has 2 aliphatic heterocycles. The lowest BCUT2D eigenvalue weighted by Gasteiger charge is -2.20. The van der Waals surface area contributed by atoms with Gasteiger partial charge in [0.05, 0.1) is 12.1 Å². The molecule has 6 heteroatoms. The van der Waals surface area contributed by atoms with Crippen LogP contribution < -0.4 is 0 Å². The summed E-state index contributed by atoms with van der Waals surface area (Å²) < 4.78 is 0. The number of hydrogen-bond acceptors (Lipinski definition) is 6. The van der Waals surface area contributed by atoms with Gasteiger partial charge in [0, 0.05) is 0 Å². The molecule has 0 aromatic rings. The monoisotopic (exact) mass is 382 g/mol. The van der Waals surface area contributed by atoms with Gasteiger partial charge in [0.25, 0.3) is 0 Å². The molecule has 0 amide bonds. The van der Waals surface area contributed by atoms with E-state index in [-0.39, 0.29) is 12.1 Å². The molecular formula is C20H50N2O4. The Kier molecular flexibility index (Phi) is 31.8. The van der Waals surface area contributed by atoms with Gasteiger partial charge in [0.2, 0.25) is 0 Å². The summed E-state index contributed by atoms with van der Waals surface area (Å²) in [6.07, 6.45) is 1.68. The summed E-state index contributed by atoms with van der Waals surface area (Å²) in [7, 11) is 3.83.